The summed E-state index contributed by atoms with van der Waals surface area (Å²) in [5.74, 6) is 5.77. The fraction of sp³-hybridized carbons (Fsp3) is 0.0584. The van der Waals surface area contributed by atoms with Crippen molar-refractivity contribution in [3.05, 3.63) is 512 Å². The number of fused-ring (bicyclic) bond motifs is 25. The number of furan rings is 3. The minimum absolute atomic E-state index is 0.0209. The van der Waals surface area contributed by atoms with Crippen molar-refractivity contribution < 1.29 is 13.3 Å². The van der Waals surface area contributed by atoms with Gasteiger partial charge in [0.1, 0.15) is 33.5 Å². The first-order valence-electron chi connectivity index (χ1n) is 50.8. The Labute approximate surface area is 860 Å². The Kier molecular flexibility index (Phi) is 20.6. The van der Waals surface area contributed by atoms with Crippen molar-refractivity contribution >= 4 is 65.8 Å². The number of hydrogen-bond acceptors (Lipinski definition) is 12. The third kappa shape index (κ3) is 14.7. The Bertz CT molecular complexity index is 9710. The van der Waals surface area contributed by atoms with E-state index in [1.165, 1.54) is 89.0 Å². The van der Waals surface area contributed by atoms with Crippen LogP contribution in [0.3, 0.4) is 0 Å². The molecule has 20 aromatic carbocycles. The van der Waals surface area contributed by atoms with Gasteiger partial charge in [-0.15, -0.1) is 0 Å². The Hall–Kier alpha value is -19.2. The Morgan fingerprint density at radius 3 is 0.785 bits per heavy atom. The van der Waals surface area contributed by atoms with Gasteiger partial charge in [-0.2, -0.15) is 0 Å². The standard InChI is InChI=1S/C52H31N3O.C43H31N3O.C42H29N3O/c1-3-14-32(15-4-1)34-18-13-19-35(28-34)50-53-49(33-16-5-2-6-17-33)54-51(55-50)36-26-27-47-41(29-36)42-30-46-40(31-48(42)56-47)39-22-9-12-25-45(39)52(46)43-23-10-7-20-37(43)38-21-8-11-24-44(38)52;1-3-43(2)36-17-11-10-16-32(36)33-26-39-35(25-37(33)43)34-24-31(22-23-38(34)47-39)27-18-20-30(21-19-27)42-45-40(28-12-6-4-7-13-28)44-41(46-42)29-14-8-5-9-15-29;1-42(2)35-19-10-9-18-31(35)32-25-38-34(24-36(32)42)33-23-29(20-21-37(33)46-38)28-16-11-17-30(22-28)41-44-39(26-12-5-3-6-13-26)43-40(45-41)27-14-7-4-8-15-27/h1-31H;4-26H,3H2,1-2H3;3-25H,1-2H3. The first kappa shape index (κ1) is 87.6. The van der Waals surface area contributed by atoms with Crippen molar-refractivity contribution in [2.75, 3.05) is 0 Å². The van der Waals surface area contributed by atoms with Crippen LogP contribution in [0.5, 0.6) is 0 Å². The number of benzene rings is 20. The molecule has 0 N–H and O–H groups in total. The van der Waals surface area contributed by atoms with Crippen LogP contribution in [0.2, 0.25) is 0 Å². The van der Waals surface area contributed by atoms with E-state index in [9.17, 15) is 0 Å². The number of aromatic nitrogens is 9. The molecule has 1 atom stereocenters. The van der Waals surface area contributed by atoms with Crippen LogP contribution in [-0.4, -0.2) is 44.9 Å². The second kappa shape index (κ2) is 35.1. The first-order valence-corrected chi connectivity index (χ1v) is 50.8. The lowest BCUT2D eigenvalue weighted by Gasteiger charge is -2.30. The fourth-order valence-corrected chi connectivity index (χ4v) is 23.4. The molecule has 1 unspecified atom stereocenters. The molecule has 1 spiro atoms. The number of rotatable bonds is 13. The van der Waals surface area contributed by atoms with Crippen LogP contribution in [0.15, 0.2) is 480 Å². The minimum atomic E-state index is -0.434. The summed E-state index contributed by atoms with van der Waals surface area (Å²) < 4.78 is 19.5. The summed E-state index contributed by atoms with van der Waals surface area (Å²) in [6.45, 7) is 9.29. The normalized spacial score (nSPS) is 13.8. The Balaban J connectivity index is 0.000000108. The van der Waals surface area contributed by atoms with Gasteiger partial charge in [0.2, 0.25) is 0 Å². The third-order valence-electron chi connectivity index (χ3n) is 31.0. The van der Waals surface area contributed by atoms with Crippen LogP contribution in [0.1, 0.15) is 78.6 Å². The lowest BCUT2D eigenvalue weighted by atomic mass is 9.70. The summed E-state index contributed by atoms with van der Waals surface area (Å²) in [6, 6.07) is 164. The Morgan fingerprint density at radius 2 is 0.389 bits per heavy atom. The van der Waals surface area contributed by atoms with Gasteiger partial charge in [-0.1, -0.05) is 404 Å². The van der Waals surface area contributed by atoms with Gasteiger partial charge in [-0.05, 0) is 220 Å². The predicted molar refractivity (Wildman–Crippen MR) is 603 cm³/mol. The van der Waals surface area contributed by atoms with Gasteiger partial charge in [0.15, 0.2) is 52.4 Å². The molecule has 4 aliphatic carbocycles. The van der Waals surface area contributed by atoms with Crippen LogP contribution < -0.4 is 0 Å². The van der Waals surface area contributed by atoms with Crippen LogP contribution in [-0.2, 0) is 16.2 Å². The number of nitrogens with zero attached hydrogens (tertiary/aromatic N) is 9. The van der Waals surface area contributed by atoms with Gasteiger partial charge in [0.25, 0.3) is 0 Å². The predicted octanol–water partition coefficient (Wildman–Crippen LogP) is 34.7. The molecule has 6 heterocycles. The van der Waals surface area contributed by atoms with Crippen LogP contribution >= 0.6 is 0 Å². The zero-order chi connectivity index (χ0) is 99.2. The van der Waals surface area contributed by atoms with Crippen molar-refractivity contribution in [2.45, 2.75) is 50.4 Å². The highest BCUT2D eigenvalue weighted by Gasteiger charge is 2.52. The van der Waals surface area contributed by atoms with Crippen LogP contribution in [0, 0.1) is 0 Å². The molecule has 0 saturated heterocycles. The lowest BCUT2D eigenvalue weighted by molar-refractivity contribution is 0.565. The van der Waals surface area contributed by atoms with Crippen molar-refractivity contribution in [3.63, 3.8) is 0 Å². The summed E-state index contributed by atoms with van der Waals surface area (Å²) in [5.41, 5.74) is 40.9. The molecule has 4 aliphatic rings. The molecular formula is C137H91N9O3. The van der Waals surface area contributed by atoms with E-state index in [1.807, 2.05) is 158 Å². The zero-order valence-corrected chi connectivity index (χ0v) is 81.9. The van der Waals surface area contributed by atoms with Crippen molar-refractivity contribution in [1.29, 1.82) is 0 Å². The van der Waals surface area contributed by atoms with E-state index in [4.69, 9.17) is 58.1 Å². The molecule has 0 amide bonds. The van der Waals surface area contributed by atoms with Crippen molar-refractivity contribution in [2.24, 2.45) is 0 Å². The molecule has 149 heavy (non-hydrogen) atoms. The van der Waals surface area contributed by atoms with Gasteiger partial charge in [0.05, 0.1) is 5.41 Å². The maximum Gasteiger partial charge on any atom is 0.164 e. The summed E-state index contributed by atoms with van der Waals surface area (Å²) in [4.78, 5) is 44.6. The highest BCUT2D eigenvalue weighted by Crippen LogP contribution is 2.64. The van der Waals surface area contributed by atoms with E-state index in [1.54, 1.807) is 0 Å². The molecule has 6 aromatic heterocycles. The summed E-state index contributed by atoms with van der Waals surface area (Å²) >= 11 is 0. The third-order valence-corrected chi connectivity index (χ3v) is 31.0. The van der Waals surface area contributed by atoms with E-state index in [0.29, 0.717) is 52.4 Å². The van der Waals surface area contributed by atoms with E-state index in [0.717, 1.165) is 156 Å². The molecular weight excluding hydrogens is 1820 g/mol. The molecule has 12 nitrogen and oxygen atoms in total. The van der Waals surface area contributed by atoms with Gasteiger partial charge >= 0.3 is 0 Å². The van der Waals surface area contributed by atoms with Crippen molar-refractivity contribution in [1.82, 2.24) is 44.9 Å². The van der Waals surface area contributed by atoms with Crippen molar-refractivity contribution in [3.8, 4) is 180 Å². The maximum atomic E-state index is 6.66. The SMILES string of the molecule is CC1(C)c2ccccc2-c2cc3oc4ccc(-c5cccc(-c6nc(-c7ccccc7)nc(-c7ccccc7)n6)c5)cc4c3cc21.CCC1(C)c2ccccc2-c2cc3oc4ccc(-c5ccc(-c6nc(-c7ccccc7)nc(-c7ccccc7)n6)cc5)cc4c3cc21.c1ccc(-c2cccc(-c3nc(-c4ccccc4)nc(-c4ccc5oc6cc7c(cc6c5c4)C4(c5ccccc5-c5ccccc54)c4ccccc4-7)n3)c2)cc1. The molecule has 12 heteroatoms. The summed E-state index contributed by atoms with van der Waals surface area (Å²) in [6.07, 6.45) is 1.04. The quantitative estimate of drug-likeness (QED) is 0.108. The van der Waals surface area contributed by atoms with Crippen LogP contribution in [0.4, 0.5) is 0 Å². The topological polar surface area (TPSA) is 155 Å². The van der Waals surface area contributed by atoms with E-state index in [2.05, 4.69) is 337 Å². The smallest absolute Gasteiger partial charge is 0.164 e. The molecule has 26 aromatic rings. The average Bonchev–Trinajstić information content (AvgIpc) is 1.50. The summed E-state index contributed by atoms with van der Waals surface area (Å²) in [5, 5.41) is 6.66. The lowest BCUT2D eigenvalue weighted by Crippen LogP contribution is -2.25. The molecule has 702 valence electrons. The molecule has 0 bridgehead atoms. The monoisotopic (exact) mass is 1910 g/mol. The Morgan fingerprint density at radius 1 is 0.161 bits per heavy atom. The second-order valence-corrected chi connectivity index (χ2v) is 39.8. The van der Waals surface area contributed by atoms with Gasteiger partial charge in [-0.3, -0.25) is 0 Å². The molecule has 0 saturated carbocycles. The molecule has 0 aliphatic heterocycles. The fourth-order valence-electron chi connectivity index (χ4n) is 23.4. The largest absolute Gasteiger partial charge is 0.456 e. The molecule has 0 fully saturated rings. The van der Waals surface area contributed by atoms with Crippen LogP contribution in [0.25, 0.3) is 246 Å². The van der Waals surface area contributed by atoms with E-state index in [-0.39, 0.29) is 10.8 Å². The first-order chi connectivity index (χ1) is 73.3. The summed E-state index contributed by atoms with van der Waals surface area (Å²) in [7, 11) is 0. The highest BCUT2D eigenvalue weighted by atomic mass is 16.3. The second-order valence-electron chi connectivity index (χ2n) is 39.8. The average molecular weight is 1910 g/mol. The number of hydrogen-bond donors (Lipinski definition) is 0. The molecule has 0 radical (unpaired) electrons. The van der Waals surface area contributed by atoms with Gasteiger partial charge < -0.3 is 13.3 Å². The van der Waals surface area contributed by atoms with Gasteiger partial charge in [-0.25, -0.2) is 44.9 Å². The highest BCUT2D eigenvalue weighted by molar-refractivity contribution is 6.13. The zero-order valence-electron chi connectivity index (χ0n) is 81.9. The van der Waals surface area contributed by atoms with E-state index < -0.39 is 5.41 Å². The minimum Gasteiger partial charge on any atom is -0.456 e. The molecule has 30 rings (SSSR count). The maximum absolute atomic E-state index is 6.66. The van der Waals surface area contributed by atoms with Gasteiger partial charge in [0, 0.05) is 93.2 Å². The van der Waals surface area contributed by atoms with E-state index >= 15 is 0 Å².